The third kappa shape index (κ3) is 3.74. The molecule has 1 N–H and O–H groups in total. The fraction of sp³-hybridized carbons (Fsp3) is 0.400. The van der Waals surface area contributed by atoms with E-state index in [-0.39, 0.29) is 6.42 Å². The summed E-state index contributed by atoms with van der Waals surface area (Å²) in [7, 11) is 1.20. The molecule has 1 aromatic rings. The van der Waals surface area contributed by atoms with E-state index in [9.17, 15) is 19.5 Å². The van der Waals surface area contributed by atoms with E-state index in [1.54, 1.807) is 30.3 Å². The fourth-order valence-electron chi connectivity index (χ4n) is 2.01. The van der Waals surface area contributed by atoms with Gasteiger partial charge in [0.1, 0.15) is 12.6 Å². The highest BCUT2D eigenvalue weighted by atomic mass is 16.5. The van der Waals surface area contributed by atoms with Gasteiger partial charge in [0.05, 0.1) is 13.0 Å². The Morgan fingerprint density at radius 3 is 2.40 bits per heavy atom. The van der Waals surface area contributed by atoms with Crippen molar-refractivity contribution in [2.24, 2.45) is 5.92 Å². The van der Waals surface area contributed by atoms with Crippen molar-refractivity contribution in [3.8, 4) is 0 Å². The molecule has 5 heteroatoms. The van der Waals surface area contributed by atoms with Crippen LogP contribution in [0.15, 0.2) is 30.3 Å². The van der Waals surface area contributed by atoms with Gasteiger partial charge in [0.25, 0.3) is 0 Å². The zero-order chi connectivity index (χ0) is 15.0. The fourth-order valence-corrected chi connectivity index (χ4v) is 2.01. The molecule has 1 atom stereocenters. The number of hydrogen-bond acceptors (Lipinski definition) is 5. The first-order valence-corrected chi connectivity index (χ1v) is 6.35. The molecule has 0 aliphatic heterocycles. The van der Waals surface area contributed by atoms with Crippen LogP contribution in [-0.2, 0) is 24.7 Å². The molecule has 0 amide bonds. The average molecular weight is 278 g/mol. The van der Waals surface area contributed by atoms with Crippen molar-refractivity contribution in [1.29, 1.82) is 0 Å². The molecular weight excluding hydrogens is 260 g/mol. The molecule has 0 saturated carbocycles. The number of benzene rings is 1. The van der Waals surface area contributed by atoms with E-state index in [2.05, 4.69) is 4.74 Å². The van der Waals surface area contributed by atoms with Crippen LogP contribution in [0.4, 0.5) is 0 Å². The number of aliphatic hydroxyl groups is 1. The molecule has 0 saturated heterocycles. The second-order valence-corrected chi connectivity index (χ2v) is 4.55. The van der Waals surface area contributed by atoms with E-state index < -0.39 is 17.5 Å². The number of hydrogen-bond donors (Lipinski definition) is 1. The van der Waals surface area contributed by atoms with Gasteiger partial charge in [-0.15, -0.1) is 0 Å². The second kappa shape index (κ2) is 7.55. The highest BCUT2D eigenvalue weighted by molar-refractivity contribution is 5.81. The summed E-state index contributed by atoms with van der Waals surface area (Å²) in [4.78, 5) is 33.0. The quantitative estimate of drug-likeness (QED) is 0.439. The topological polar surface area (TPSA) is 80.7 Å². The maximum atomic E-state index is 11.8. The molecule has 1 rings (SSSR count). The second-order valence-electron chi connectivity index (χ2n) is 4.55. The third-order valence-electron chi connectivity index (χ3n) is 3.20. The van der Waals surface area contributed by atoms with Gasteiger partial charge in [-0.05, 0) is 24.8 Å². The van der Waals surface area contributed by atoms with Gasteiger partial charge in [0, 0.05) is 0 Å². The molecule has 0 aliphatic rings. The molecule has 108 valence electrons. The SMILES string of the molecule is COC(=O)C(O)(CCCC(C=O)C=O)c1ccccc1. The predicted octanol–water partition coefficient (Wildman–Crippen LogP) is 1.23. The molecule has 0 fully saturated rings. The Morgan fingerprint density at radius 2 is 1.90 bits per heavy atom. The van der Waals surface area contributed by atoms with E-state index in [0.717, 1.165) is 0 Å². The lowest BCUT2D eigenvalue weighted by atomic mass is 9.87. The zero-order valence-electron chi connectivity index (χ0n) is 11.3. The van der Waals surface area contributed by atoms with Crippen molar-refractivity contribution in [1.82, 2.24) is 0 Å². The van der Waals surface area contributed by atoms with Gasteiger partial charge in [-0.25, -0.2) is 4.79 Å². The number of carbonyl (C=O) groups excluding carboxylic acids is 3. The van der Waals surface area contributed by atoms with Gasteiger partial charge >= 0.3 is 5.97 Å². The lowest BCUT2D eigenvalue weighted by Crippen LogP contribution is -2.37. The van der Waals surface area contributed by atoms with Crippen molar-refractivity contribution in [2.45, 2.75) is 24.9 Å². The molecule has 0 aliphatic carbocycles. The van der Waals surface area contributed by atoms with Crippen LogP contribution in [0.5, 0.6) is 0 Å². The Labute approximate surface area is 117 Å². The lowest BCUT2D eigenvalue weighted by Gasteiger charge is -2.25. The molecule has 0 bridgehead atoms. The summed E-state index contributed by atoms with van der Waals surface area (Å²) >= 11 is 0. The minimum Gasteiger partial charge on any atom is -0.467 e. The summed E-state index contributed by atoms with van der Waals surface area (Å²) < 4.78 is 4.65. The average Bonchev–Trinajstić information content (AvgIpc) is 2.51. The maximum absolute atomic E-state index is 11.8. The minimum atomic E-state index is -1.76. The van der Waals surface area contributed by atoms with Crippen LogP contribution in [0.2, 0.25) is 0 Å². The van der Waals surface area contributed by atoms with Gasteiger partial charge in [-0.1, -0.05) is 30.3 Å². The van der Waals surface area contributed by atoms with Crippen molar-refractivity contribution in [3.63, 3.8) is 0 Å². The molecular formula is C15H18O5. The Bertz CT molecular complexity index is 449. The Kier molecular flexibility index (Phi) is 6.06. The summed E-state index contributed by atoms with van der Waals surface area (Å²) in [5.41, 5.74) is -1.33. The molecule has 5 nitrogen and oxygen atoms in total. The Balaban J connectivity index is 2.83. The smallest absolute Gasteiger partial charge is 0.342 e. The number of rotatable bonds is 8. The standard InChI is InChI=1S/C15H18O5/c1-20-14(18)15(19,13-7-3-2-4-8-13)9-5-6-12(10-16)11-17/h2-4,7-8,10-12,19H,5-6,9H2,1H3. The van der Waals surface area contributed by atoms with Gasteiger partial charge in [-0.2, -0.15) is 0 Å². The monoisotopic (exact) mass is 278 g/mol. The summed E-state index contributed by atoms with van der Waals surface area (Å²) in [5.74, 6) is -1.45. The van der Waals surface area contributed by atoms with Crippen molar-refractivity contribution in [2.75, 3.05) is 7.11 Å². The van der Waals surface area contributed by atoms with E-state index in [0.29, 0.717) is 31.0 Å². The zero-order valence-corrected chi connectivity index (χ0v) is 11.3. The summed E-state index contributed by atoms with van der Waals surface area (Å²) in [5, 5.41) is 10.6. The number of ether oxygens (including phenoxy) is 1. The highest BCUT2D eigenvalue weighted by Crippen LogP contribution is 2.29. The molecule has 0 aromatic heterocycles. The first-order chi connectivity index (χ1) is 9.58. The lowest BCUT2D eigenvalue weighted by molar-refractivity contribution is -0.164. The molecule has 0 spiro atoms. The normalized spacial score (nSPS) is 13.6. The predicted molar refractivity (Wildman–Crippen MR) is 71.8 cm³/mol. The van der Waals surface area contributed by atoms with Gasteiger partial charge in [-0.3, -0.25) is 0 Å². The van der Waals surface area contributed by atoms with Crippen LogP contribution in [0.3, 0.4) is 0 Å². The van der Waals surface area contributed by atoms with E-state index in [4.69, 9.17) is 0 Å². The van der Waals surface area contributed by atoms with Crippen LogP contribution in [0, 0.1) is 5.92 Å². The highest BCUT2D eigenvalue weighted by Gasteiger charge is 2.38. The maximum Gasteiger partial charge on any atom is 0.342 e. The molecule has 1 unspecified atom stereocenters. The van der Waals surface area contributed by atoms with Crippen LogP contribution in [0.25, 0.3) is 0 Å². The number of methoxy groups -OCH3 is 1. The third-order valence-corrected chi connectivity index (χ3v) is 3.20. The van der Waals surface area contributed by atoms with Crippen LogP contribution >= 0.6 is 0 Å². The molecule has 1 aromatic carbocycles. The van der Waals surface area contributed by atoms with E-state index in [1.807, 2.05) is 0 Å². The van der Waals surface area contributed by atoms with E-state index in [1.165, 1.54) is 7.11 Å². The number of esters is 1. The van der Waals surface area contributed by atoms with Crippen LogP contribution < -0.4 is 0 Å². The summed E-state index contributed by atoms with van der Waals surface area (Å²) in [6.07, 6.45) is 1.85. The summed E-state index contributed by atoms with van der Waals surface area (Å²) in [6, 6.07) is 8.46. The minimum absolute atomic E-state index is 0.0852. The van der Waals surface area contributed by atoms with Crippen LogP contribution in [0.1, 0.15) is 24.8 Å². The molecule has 0 heterocycles. The van der Waals surface area contributed by atoms with Crippen LogP contribution in [-0.4, -0.2) is 30.8 Å². The first-order valence-electron chi connectivity index (χ1n) is 6.35. The molecule has 20 heavy (non-hydrogen) atoms. The van der Waals surface area contributed by atoms with Gasteiger partial charge in [0.2, 0.25) is 0 Å². The number of aldehydes is 2. The number of carbonyl (C=O) groups is 3. The van der Waals surface area contributed by atoms with Gasteiger partial charge in [0.15, 0.2) is 5.60 Å². The summed E-state index contributed by atoms with van der Waals surface area (Å²) in [6.45, 7) is 0. The molecule has 0 radical (unpaired) electrons. The van der Waals surface area contributed by atoms with Crippen molar-refractivity contribution in [3.05, 3.63) is 35.9 Å². The van der Waals surface area contributed by atoms with Crippen molar-refractivity contribution < 1.29 is 24.2 Å². The van der Waals surface area contributed by atoms with Gasteiger partial charge < -0.3 is 19.4 Å². The van der Waals surface area contributed by atoms with Crippen molar-refractivity contribution >= 4 is 18.5 Å². The van der Waals surface area contributed by atoms with E-state index >= 15 is 0 Å². The Morgan fingerprint density at radius 1 is 1.30 bits per heavy atom. The Hall–Kier alpha value is -2.01. The largest absolute Gasteiger partial charge is 0.467 e. The first kappa shape index (κ1) is 16.0.